The lowest BCUT2D eigenvalue weighted by Crippen LogP contribution is -2.45. The van der Waals surface area contributed by atoms with Crippen LogP contribution < -0.4 is 19.1 Å². The van der Waals surface area contributed by atoms with Crippen molar-refractivity contribution in [1.29, 1.82) is 0 Å². The minimum Gasteiger partial charge on any atom is -0.454 e. The van der Waals surface area contributed by atoms with Crippen LogP contribution in [0.4, 0.5) is 5.69 Å². The molecule has 1 amide bonds. The summed E-state index contributed by atoms with van der Waals surface area (Å²) in [4.78, 5) is 12.5. The predicted molar refractivity (Wildman–Crippen MR) is 92.1 cm³/mol. The van der Waals surface area contributed by atoms with Crippen LogP contribution >= 0.6 is 0 Å². The number of fused-ring (bicyclic) bond motifs is 3. The molecule has 2 aliphatic carbocycles. The topological polar surface area (TPSA) is 84.9 Å². The van der Waals surface area contributed by atoms with Crippen LogP contribution in [0, 0.1) is 11.8 Å². The van der Waals surface area contributed by atoms with Crippen molar-refractivity contribution in [3.63, 3.8) is 0 Å². The summed E-state index contributed by atoms with van der Waals surface area (Å²) in [5.41, 5.74) is 0.398. The van der Waals surface area contributed by atoms with Crippen molar-refractivity contribution in [1.82, 2.24) is 5.32 Å². The van der Waals surface area contributed by atoms with Gasteiger partial charge in [-0.25, -0.2) is 8.42 Å². The van der Waals surface area contributed by atoms with Gasteiger partial charge in [-0.3, -0.25) is 9.10 Å². The van der Waals surface area contributed by atoms with Crippen LogP contribution in [0.1, 0.15) is 25.7 Å². The van der Waals surface area contributed by atoms with E-state index in [9.17, 15) is 13.2 Å². The number of sulfonamides is 1. The molecule has 4 rings (SSSR count). The van der Waals surface area contributed by atoms with Crippen molar-refractivity contribution in [3.8, 4) is 11.5 Å². The fraction of sp³-hybridized carbons (Fsp3) is 0.588. The summed E-state index contributed by atoms with van der Waals surface area (Å²) in [6.07, 6.45) is 5.71. The van der Waals surface area contributed by atoms with Gasteiger partial charge in [-0.15, -0.1) is 0 Å². The maximum Gasteiger partial charge on any atom is 0.241 e. The minimum absolute atomic E-state index is 0.113. The van der Waals surface area contributed by atoms with E-state index < -0.39 is 10.0 Å². The zero-order valence-corrected chi connectivity index (χ0v) is 14.9. The Labute approximate surface area is 147 Å². The number of carbonyl (C=O) groups excluding carboxylic acids is 1. The smallest absolute Gasteiger partial charge is 0.241 e. The number of rotatable bonds is 5. The Balaban J connectivity index is 1.49. The van der Waals surface area contributed by atoms with Crippen LogP contribution in [0.15, 0.2) is 18.2 Å². The third-order valence-electron chi connectivity index (χ3n) is 5.42. The van der Waals surface area contributed by atoms with E-state index in [1.54, 1.807) is 18.2 Å². The molecule has 136 valence electrons. The van der Waals surface area contributed by atoms with E-state index in [0.717, 1.165) is 29.3 Å². The van der Waals surface area contributed by atoms with Crippen molar-refractivity contribution < 1.29 is 22.7 Å². The van der Waals surface area contributed by atoms with Crippen molar-refractivity contribution in [2.24, 2.45) is 11.8 Å². The van der Waals surface area contributed by atoms with Gasteiger partial charge in [-0.1, -0.05) is 6.42 Å². The molecule has 0 unspecified atom stereocenters. The molecule has 1 aliphatic heterocycles. The highest BCUT2D eigenvalue weighted by Gasteiger charge is 2.40. The Morgan fingerprint density at radius 3 is 2.72 bits per heavy atom. The first kappa shape index (κ1) is 16.5. The van der Waals surface area contributed by atoms with E-state index in [2.05, 4.69) is 5.32 Å². The zero-order chi connectivity index (χ0) is 17.6. The quantitative estimate of drug-likeness (QED) is 0.853. The number of nitrogens with zero attached hydrogens (tertiary/aromatic N) is 1. The van der Waals surface area contributed by atoms with Gasteiger partial charge < -0.3 is 14.8 Å². The Bertz CT molecular complexity index is 794. The van der Waals surface area contributed by atoms with Gasteiger partial charge in [0.1, 0.15) is 6.54 Å². The molecule has 2 saturated carbocycles. The summed E-state index contributed by atoms with van der Waals surface area (Å²) in [5.74, 6) is 2.06. The summed E-state index contributed by atoms with van der Waals surface area (Å²) in [6.45, 7) is -0.116. The normalized spacial score (nSPS) is 26.7. The molecule has 0 saturated heterocycles. The summed E-state index contributed by atoms with van der Waals surface area (Å²) in [6, 6.07) is 5.06. The number of benzene rings is 1. The van der Waals surface area contributed by atoms with Gasteiger partial charge in [0, 0.05) is 12.1 Å². The molecular weight excluding hydrogens is 344 g/mol. The molecule has 8 heteroatoms. The van der Waals surface area contributed by atoms with Gasteiger partial charge in [0.05, 0.1) is 11.9 Å². The monoisotopic (exact) mass is 366 g/mol. The molecule has 2 bridgehead atoms. The number of amides is 1. The molecule has 1 aromatic rings. The van der Waals surface area contributed by atoms with Crippen molar-refractivity contribution in [3.05, 3.63) is 18.2 Å². The van der Waals surface area contributed by atoms with Gasteiger partial charge in [-0.2, -0.15) is 0 Å². The Morgan fingerprint density at radius 2 is 2.04 bits per heavy atom. The zero-order valence-electron chi connectivity index (χ0n) is 14.1. The van der Waals surface area contributed by atoms with Gasteiger partial charge in [-0.05, 0) is 43.2 Å². The maximum absolute atomic E-state index is 12.5. The van der Waals surface area contributed by atoms with Gasteiger partial charge in [0.15, 0.2) is 11.5 Å². The van der Waals surface area contributed by atoms with Gasteiger partial charge >= 0.3 is 0 Å². The van der Waals surface area contributed by atoms with E-state index >= 15 is 0 Å². The first-order chi connectivity index (χ1) is 11.9. The average molecular weight is 366 g/mol. The highest BCUT2D eigenvalue weighted by molar-refractivity contribution is 7.92. The molecule has 0 radical (unpaired) electrons. The highest BCUT2D eigenvalue weighted by Crippen LogP contribution is 2.44. The summed E-state index contributed by atoms with van der Waals surface area (Å²) in [7, 11) is -3.60. The SMILES string of the molecule is CS(=O)(=O)N(CC(=O)N[C@H]1C[C@H]2CC[C@H]1C2)c1ccc2c(c1)OCO2. The van der Waals surface area contributed by atoms with Crippen LogP contribution in [-0.4, -0.2) is 40.0 Å². The predicted octanol–water partition coefficient (Wildman–Crippen LogP) is 1.49. The van der Waals surface area contributed by atoms with Crippen LogP contribution in [0.3, 0.4) is 0 Å². The molecule has 3 aliphatic rings. The standard InChI is InChI=1S/C17H22N2O5S/c1-25(21,22)19(13-4-5-15-16(8-13)24-10-23-15)9-17(20)18-14-7-11-2-3-12(14)6-11/h4-5,8,11-12,14H,2-3,6-7,9-10H2,1H3,(H,18,20)/t11-,12-,14-/m0/s1. The highest BCUT2D eigenvalue weighted by atomic mass is 32.2. The Morgan fingerprint density at radius 1 is 1.24 bits per heavy atom. The Hall–Kier alpha value is -1.96. The third kappa shape index (κ3) is 3.27. The molecule has 1 aromatic carbocycles. The number of ether oxygens (including phenoxy) is 2. The maximum atomic E-state index is 12.5. The summed E-state index contributed by atoms with van der Waals surface area (Å²) < 4.78 is 36.1. The molecular formula is C17H22N2O5S. The van der Waals surface area contributed by atoms with Crippen molar-refractivity contribution >= 4 is 21.6 Å². The summed E-state index contributed by atoms with van der Waals surface area (Å²) in [5, 5.41) is 3.03. The van der Waals surface area contributed by atoms with Crippen molar-refractivity contribution in [2.75, 3.05) is 23.9 Å². The van der Waals surface area contributed by atoms with E-state index in [1.165, 1.54) is 12.8 Å². The van der Waals surface area contributed by atoms with Crippen LogP contribution in [0.5, 0.6) is 11.5 Å². The molecule has 1 heterocycles. The molecule has 0 spiro atoms. The van der Waals surface area contributed by atoms with Crippen LogP contribution in [0.25, 0.3) is 0 Å². The lowest BCUT2D eigenvalue weighted by Gasteiger charge is -2.26. The molecule has 0 aromatic heterocycles. The number of hydrogen-bond donors (Lipinski definition) is 1. The minimum atomic E-state index is -3.60. The van der Waals surface area contributed by atoms with E-state index in [-0.39, 0.29) is 25.3 Å². The summed E-state index contributed by atoms with van der Waals surface area (Å²) >= 11 is 0. The number of hydrogen-bond acceptors (Lipinski definition) is 5. The fourth-order valence-corrected chi connectivity index (χ4v) is 5.09. The number of nitrogens with one attached hydrogen (secondary N) is 1. The lowest BCUT2D eigenvalue weighted by atomic mass is 9.95. The molecule has 2 fully saturated rings. The fourth-order valence-electron chi connectivity index (χ4n) is 4.24. The second kappa shape index (κ2) is 6.09. The first-order valence-corrected chi connectivity index (χ1v) is 10.4. The first-order valence-electron chi connectivity index (χ1n) is 8.57. The Kier molecular flexibility index (Phi) is 4.02. The van der Waals surface area contributed by atoms with E-state index in [1.807, 2.05) is 0 Å². The molecule has 3 atom stereocenters. The lowest BCUT2D eigenvalue weighted by molar-refractivity contribution is -0.120. The molecule has 1 N–H and O–H groups in total. The second-order valence-electron chi connectivity index (χ2n) is 7.16. The number of carbonyl (C=O) groups is 1. The van der Waals surface area contributed by atoms with Crippen LogP contribution in [0.2, 0.25) is 0 Å². The largest absolute Gasteiger partial charge is 0.454 e. The van der Waals surface area contributed by atoms with Gasteiger partial charge in [0.25, 0.3) is 0 Å². The number of anilines is 1. The second-order valence-corrected chi connectivity index (χ2v) is 9.06. The average Bonchev–Trinajstić information content (AvgIpc) is 3.26. The van der Waals surface area contributed by atoms with Gasteiger partial charge in [0.2, 0.25) is 22.7 Å². The molecule has 7 nitrogen and oxygen atoms in total. The van der Waals surface area contributed by atoms with E-state index in [0.29, 0.717) is 23.1 Å². The van der Waals surface area contributed by atoms with E-state index in [4.69, 9.17) is 9.47 Å². The molecule has 25 heavy (non-hydrogen) atoms. The van der Waals surface area contributed by atoms with Crippen molar-refractivity contribution in [2.45, 2.75) is 31.7 Å². The van der Waals surface area contributed by atoms with Crippen LogP contribution in [-0.2, 0) is 14.8 Å². The third-order valence-corrected chi connectivity index (χ3v) is 6.56.